The van der Waals surface area contributed by atoms with Gasteiger partial charge in [-0.3, -0.25) is 14.9 Å². The first-order valence-electron chi connectivity index (χ1n) is 11.1. The van der Waals surface area contributed by atoms with Gasteiger partial charge in [-0.25, -0.2) is 0 Å². The highest BCUT2D eigenvalue weighted by molar-refractivity contribution is 8.15. The van der Waals surface area contributed by atoms with Crippen LogP contribution in [0.25, 0.3) is 11.1 Å². The van der Waals surface area contributed by atoms with Gasteiger partial charge < -0.3 is 9.57 Å². The lowest BCUT2D eigenvalue weighted by molar-refractivity contribution is -0.118. The molecule has 0 aromatic heterocycles. The van der Waals surface area contributed by atoms with E-state index in [0.29, 0.717) is 25.4 Å². The van der Waals surface area contributed by atoms with Gasteiger partial charge in [-0.15, -0.1) is 0 Å². The summed E-state index contributed by atoms with van der Waals surface area (Å²) in [5, 5.41) is 5.84. The van der Waals surface area contributed by atoms with Crippen LogP contribution < -0.4 is 10.1 Å². The molecule has 2 amide bonds. The van der Waals surface area contributed by atoms with E-state index in [9.17, 15) is 9.59 Å². The van der Waals surface area contributed by atoms with Crippen molar-refractivity contribution in [2.24, 2.45) is 5.16 Å². The molecule has 1 fully saturated rings. The van der Waals surface area contributed by atoms with Crippen LogP contribution in [0.1, 0.15) is 23.6 Å². The maximum absolute atomic E-state index is 11.7. The Balaban J connectivity index is 1.21. The van der Waals surface area contributed by atoms with Crippen molar-refractivity contribution in [1.82, 2.24) is 5.32 Å². The van der Waals surface area contributed by atoms with Crippen molar-refractivity contribution in [3.05, 3.63) is 89.5 Å². The third-order valence-corrected chi connectivity index (χ3v) is 6.43. The number of nitrogens with zero attached hydrogens (tertiary/aromatic N) is 1. The first kappa shape index (κ1) is 23.6. The average Bonchev–Trinajstić information content (AvgIpc) is 3.16. The quantitative estimate of drug-likeness (QED) is 0.256. The van der Waals surface area contributed by atoms with E-state index < -0.39 is 0 Å². The largest absolute Gasteiger partial charge is 0.490 e. The molecule has 1 aliphatic heterocycles. The molecule has 3 aromatic carbocycles. The van der Waals surface area contributed by atoms with Gasteiger partial charge in [0.25, 0.3) is 5.24 Å². The molecule has 1 aliphatic rings. The first-order chi connectivity index (χ1) is 16.5. The van der Waals surface area contributed by atoms with Gasteiger partial charge in [0, 0.05) is 0 Å². The number of carbonyl (C=O) groups is 2. The topological polar surface area (TPSA) is 77.0 Å². The maximum Gasteiger partial charge on any atom is 0.286 e. The van der Waals surface area contributed by atoms with Gasteiger partial charge in [-0.2, -0.15) is 0 Å². The summed E-state index contributed by atoms with van der Waals surface area (Å²) in [6, 6.07) is 24.2. The lowest BCUT2D eigenvalue weighted by Crippen LogP contribution is -2.25. The van der Waals surface area contributed by atoms with Gasteiger partial charge in [0.1, 0.15) is 12.4 Å². The fraction of sp³-hybridized carbons (Fsp3) is 0.222. The molecular weight excluding hydrogens is 448 g/mol. The highest BCUT2D eigenvalue weighted by atomic mass is 32.2. The first-order valence-corrected chi connectivity index (χ1v) is 11.9. The molecule has 6 nitrogen and oxygen atoms in total. The monoisotopic (exact) mass is 474 g/mol. The van der Waals surface area contributed by atoms with E-state index >= 15 is 0 Å². The number of nitrogens with one attached hydrogen (secondary N) is 1. The van der Waals surface area contributed by atoms with Crippen molar-refractivity contribution < 1.29 is 19.2 Å². The molecule has 1 saturated heterocycles. The maximum atomic E-state index is 11.7. The van der Waals surface area contributed by atoms with Crippen molar-refractivity contribution in [1.29, 1.82) is 0 Å². The zero-order valence-electron chi connectivity index (χ0n) is 19.1. The van der Waals surface area contributed by atoms with Crippen LogP contribution in [0.5, 0.6) is 5.75 Å². The van der Waals surface area contributed by atoms with E-state index in [2.05, 4.69) is 53.8 Å². The lowest BCUT2D eigenvalue weighted by atomic mass is 10.0. The molecule has 0 bridgehead atoms. The molecule has 3 aromatic rings. The van der Waals surface area contributed by atoms with E-state index in [-0.39, 0.29) is 16.4 Å². The molecular formula is C27H26N2O4S. The Kier molecular flexibility index (Phi) is 7.65. The van der Waals surface area contributed by atoms with Crippen LogP contribution in [0, 0.1) is 6.92 Å². The summed E-state index contributed by atoms with van der Waals surface area (Å²) in [5.41, 5.74) is 6.37. The highest BCUT2D eigenvalue weighted by Crippen LogP contribution is 2.24. The van der Waals surface area contributed by atoms with Gasteiger partial charge >= 0.3 is 0 Å². The Labute approximate surface area is 203 Å². The number of rotatable bonds is 9. The fourth-order valence-corrected chi connectivity index (χ4v) is 4.37. The molecule has 1 unspecified atom stereocenters. The molecule has 0 spiro atoms. The fourth-order valence-electron chi connectivity index (χ4n) is 3.51. The van der Waals surface area contributed by atoms with Crippen LogP contribution >= 0.6 is 11.8 Å². The second-order valence-electron chi connectivity index (χ2n) is 8.03. The Bertz CT molecular complexity index is 1170. The molecule has 1 N–H and O–H groups in total. The average molecular weight is 475 g/mol. The van der Waals surface area contributed by atoms with Crippen molar-refractivity contribution in [3.8, 4) is 16.9 Å². The Morgan fingerprint density at radius 2 is 1.56 bits per heavy atom. The zero-order chi connectivity index (χ0) is 23.9. The number of amides is 2. The van der Waals surface area contributed by atoms with Gasteiger partial charge in [-0.1, -0.05) is 83.1 Å². The van der Waals surface area contributed by atoms with Crippen LogP contribution in [0.4, 0.5) is 4.79 Å². The standard InChI is InChI=1S/C27H26N2O4S/c1-18-3-7-22(8-4-18)23-11-9-21(10-12-23)19(2)29-33-16-15-32-24-13-5-20(6-14-24)17-25-26(30)28-27(31)34-25/h3-14,25H,15-17H2,1-2H3,(H,28,30,31)/b29-19-. The highest BCUT2D eigenvalue weighted by Gasteiger charge is 2.31. The summed E-state index contributed by atoms with van der Waals surface area (Å²) >= 11 is 1.03. The number of oxime groups is 1. The van der Waals surface area contributed by atoms with Gasteiger partial charge in [0.2, 0.25) is 5.91 Å². The van der Waals surface area contributed by atoms with Gasteiger partial charge in [-0.05, 0) is 54.7 Å². The van der Waals surface area contributed by atoms with Crippen LogP contribution in [0.15, 0.2) is 78.0 Å². The molecule has 0 radical (unpaired) electrons. The summed E-state index contributed by atoms with van der Waals surface area (Å²) in [5.74, 6) is 0.477. The normalized spacial score (nSPS) is 15.8. The van der Waals surface area contributed by atoms with E-state index in [4.69, 9.17) is 9.57 Å². The summed E-state index contributed by atoms with van der Waals surface area (Å²) in [6.45, 7) is 4.67. The summed E-state index contributed by atoms with van der Waals surface area (Å²) in [7, 11) is 0. The Hall–Kier alpha value is -3.58. The van der Waals surface area contributed by atoms with Crippen molar-refractivity contribution >= 4 is 28.6 Å². The smallest absolute Gasteiger partial charge is 0.286 e. The second kappa shape index (κ2) is 11.0. The van der Waals surface area contributed by atoms with E-state index in [1.807, 2.05) is 43.3 Å². The molecule has 174 valence electrons. The summed E-state index contributed by atoms with van der Waals surface area (Å²) in [4.78, 5) is 28.4. The van der Waals surface area contributed by atoms with Gasteiger partial charge in [0.05, 0.1) is 11.0 Å². The van der Waals surface area contributed by atoms with Crippen LogP contribution in [-0.4, -0.2) is 35.3 Å². The van der Waals surface area contributed by atoms with Crippen molar-refractivity contribution in [2.45, 2.75) is 25.5 Å². The number of hydrogen-bond acceptors (Lipinski definition) is 6. The minimum absolute atomic E-state index is 0.231. The number of benzene rings is 3. The minimum Gasteiger partial charge on any atom is -0.490 e. The molecule has 7 heteroatoms. The van der Waals surface area contributed by atoms with Crippen LogP contribution in [-0.2, 0) is 16.1 Å². The predicted molar refractivity (Wildman–Crippen MR) is 135 cm³/mol. The zero-order valence-corrected chi connectivity index (χ0v) is 19.9. The predicted octanol–water partition coefficient (Wildman–Crippen LogP) is 5.38. The van der Waals surface area contributed by atoms with E-state index in [0.717, 1.165) is 34.2 Å². The molecule has 0 saturated carbocycles. The molecule has 34 heavy (non-hydrogen) atoms. The summed E-state index contributed by atoms with van der Waals surface area (Å²) in [6.07, 6.45) is 0.506. The number of ether oxygens (including phenoxy) is 1. The van der Waals surface area contributed by atoms with Gasteiger partial charge in [0.15, 0.2) is 6.61 Å². The molecule has 1 heterocycles. The van der Waals surface area contributed by atoms with E-state index in [1.54, 1.807) is 0 Å². The molecule has 0 aliphatic carbocycles. The third kappa shape index (κ3) is 6.26. The number of aryl methyl sites for hydroxylation is 1. The minimum atomic E-state index is -0.368. The number of thioether (sulfide) groups is 1. The summed E-state index contributed by atoms with van der Waals surface area (Å²) < 4.78 is 5.70. The van der Waals surface area contributed by atoms with Crippen LogP contribution in [0.3, 0.4) is 0 Å². The number of carbonyl (C=O) groups excluding carboxylic acids is 2. The lowest BCUT2D eigenvalue weighted by Gasteiger charge is -2.09. The SMILES string of the molecule is C/C(=N/OCCOc1ccc(CC2SC(=O)NC2=O)cc1)c1ccc(-c2ccc(C)cc2)cc1. The van der Waals surface area contributed by atoms with Crippen molar-refractivity contribution in [2.75, 3.05) is 13.2 Å². The van der Waals surface area contributed by atoms with Crippen molar-refractivity contribution in [3.63, 3.8) is 0 Å². The molecule has 1 atom stereocenters. The third-order valence-electron chi connectivity index (χ3n) is 5.44. The Morgan fingerprint density at radius 3 is 2.18 bits per heavy atom. The second-order valence-corrected chi connectivity index (χ2v) is 9.21. The molecule has 4 rings (SSSR count). The Morgan fingerprint density at radius 1 is 0.912 bits per heavy atom. The number of hydrogen-bond donors (Lipinski definition) is 1. The van der Waals surface area contributed by atoms with Crippen LogP contribution in [0.2, 0.25) is 0 Å². The van der Waals surface area contributed by atoms with E-state index in [1.165, 1.54) is 11.1 Å². The number of imide groups is 1.